The van der Waals surface area contributed by atoms with Crippen LogP contribution in [0.4, 0.5) is 0 Å². The topological polar surface area (TPSA) is 63.3 Å². The molecule has 0 radical (unpaired) electrons. The number of carbonyl (C=O) groups is 1. The molecule has 3 N–H and O–H groups in total. The van der Waals surface area contributed by atoms with E-state index in [-0.39, 0.29) is 5.54 Å². The highest BCUT2D eigenvalue weighted by Gasteiger charge is 2.17. The van der Waals surface area contributed by atoms with Crippen molar-refractivity contribution in [1.82, 2.24) is 0 Å². The molecular weight excluding hydrogens is 274 g/mol. The zero-order chi connectivity index (χ0) is 17.0. The van der Waals surface area contributed by atoms with Gasteiger partial charge in [0.25, 0.3) is 5.97 Å². The minimum atomic E-state index is -0.833. The molecule has 0 heterocycles. The summed E-state index contributed by atoms with van der Waals surface area (Å²) in [6, 6.07) is 8.62. The third kappa shape index (κ3) is 10.4. The van der Waals surface area contributed by atoms with Gasteiger partial charge in [-0.15, -0.1) is 0 Å². The number of aryl methyl sites for hydroxylation is 1. The van der Waals surface area contributed by atoms with Crippen molar-refractivity contribution in [2.45, 2.75) is 78.2 Å². The Morgan fingerprint density at radius 1 is 1.09 bits per heavy atom. The van der Waals surface area contributed by atoms with E-state index in [9.17, 15) is 0 Å². The minimum absolute atomic E-state index is 0.223. The van der Waals surface area contributed by atoms with Gasteiger partial charge in [0.05, 0.1) is 0 Å². The van der Waals surface area contributed by atoms with Crippen LogP contribution < -0.4 is 5.73 Å². The maximum absolute atomic E-state index is 9.00. The van der Waals surface area contributed by atoms with Crippen LogP contribution in [0.3, 0.4) is 0 Å². The largest absolute Gasteiger partial charge is 0.481 e. The van der Waals surface area contributed by atoms with E-state index in [4.69, 9.17) is 15.6 Å². The zero-order valence-electron chi connectivity index (χ0n) is 14.7. The van der Waals surface area contributed by atoms with Gasteiger partial charge in [-0.2, -0.15) is 0 Å². The molecule has 3 heteroatoms. The molecule has 3 nitrogen and oxygen atoms in total. The first-order valence-electron chi connectivity index (χ1n) is 8.35. The molecule has 0 fully saturated rings. The van der Waals surface area contributed by atoms with Crippen LogP contribution in [0, 0.1) is 0 Å². The minimum Gasteiger partial charge on any atom is -0.481 e. The summed E-state index contributed by atoms with van der Waals surface area (Å²) in [5, 5.41) is 7.42. The normalized spacial score (nSPS) is 10.8. The van der Waals surface area contributed by atoms with Gasteiger partial charge in [-0.05, 0) is 37.8 Å². The van der Waals surface area contributed by atoms with E-state index in [1.807, 2.05) is 0 Å². The number of rotatable bonds is 8. The van der Waals surface area contributed by atoms with Gasteiger partial charge in [0.1, 0.15) is 0 Å². The van der Waals surface area contributed by atoms with Gasteiger partial charge in [-0.25, -0.2) is 0 Å². The lowest BCUT2D eigenvalue weighted by Gasteiger charge is -2.22. The smallest absolute Gasteiger partial charge is 0.300 e. The average molecular weight is 307 g/mol. The fourth-order valence-electron chi connectivity index (χ4n) is 2.46. The van der Waals surface area contributed by atoms with E-state index in [2.05, 4.69) is 45.0 Å². The molecule has 0 aromatic heterocycles. The maximum Gasteiger partial charge on any atom is 0.300 e. The van der Waals surface area contributed by atoms with E-state index in [0.717, 1.165) is 6.92 Å². The first-order chi connectivity index (χ1) is 10.3. The van der Waals surface area contributed by atoms with Gasteiger partial charge in [0.2, 0.25) is 0 Å². The van der Waals surface area contributed by atoms with Crippen molar-refractivity contribution >= 4 is 5.97 Å². The van der Waals surface area contributed by atoms with Gasteiger partial charge in [0.15, 0.2) is 0 Å². The molecule has 0 aliphatic carbocycles. The molecule has 1 rings (SSSR count). The quantitative estimate of drug-likeness (QED) is 0.673. The highest BCUT2D eigenvalue weighted by molar-refractivity contribution is 5.62. The van der Waals surface area contributed by atoms with Crippen molar-refractivity contribution in [2.75, 3.05) is 0 Å². The molecule has 22 heavy (non-hydrogen) atoms. The Morgan fingerprint density at radius 3 is 2.14 bits per heavy atom. The molecule has 0 unspecified atom stereocenters. The predicted octanol–water partition coefficient (Wildman–Crippen LogP) is 4.87. The van der Waals surface area contributed by atoms with E-state index >= 15 is 0 Å². The lowest BCUT2D eigenvalue weighted by Crippen LogP contribution is -2.30. The van der Waals surface area contributed by atoms with Crippen LogP contribution in [0.1, 0.15) is 77.3 Å². The monoisotopic (exact) mass is 307 g/mol. The second-order valence-electron chi connectivity index (χ2n) is 6.42. The molecule has 0 aliphatic heterocycles. The Morgan fingerprint density at radius 2 is 1.59 bits per heavy atom. The molecule has 0 spiro atoms. The Bertz CT molecular complexity index is 418. The van der Waals surface area contributed by atoms with Crippen LogP contribution in [0.25, 0.3) is 0 Å². The Kier molecular flexibility index (Phi) is 10.6. The summed E-state index contributed by atoms with van der Waals surface area (Å²) in [5.74, 6) is -0.833. The summed E-state index contributed by atoms with van der Waals surface area (Å²) in [6.45, 7) is 7.53. The number of aliphatic carboxylic acids is 1. The molecule has 0 saturated carbocycles. The fraction of sp³-hybridized carbons (Fsp3) is 0.632. The molecular formula is C19H33NO2. The van der Waals surface area contributed by atoms with Crippen LogP contribution in [0.5, 0.6) is 0 Å². The summed E-state index contributed by atoms with van der Waals surface area (Å²) in [7, 11) is 0. The number of unbranched alkanes of at least 4 members (excludes halogenated alkanes) is 5. The summed E-state index contributed by atoms with van der Waals surface area (Å²) >= 11 is 0. The Hall–Kier alpha value is -1.35. The van der Waals surface area contributed by atoms with E-state index in [0.29, 0.717) is 0 Å². The van der Waals surface area contributed by atoms with Crippen LogP contribution >= 0.6 is 0 Å². The second kappa shape index (κ2) is 11.2. The van der Waals surface area contributed by atoms with Gasteiger partial charge >= 0.3 is 0 Å². The molecule has 0 saturated heterocycles. The van der Waals surface area contributed by atoms with Crippen molar-refractivity contribution in [3.8, 4) is 0 Å². The number of benzene rings is 1. The SMILES string of the molecule is CC(=O)O.CCCCCCCCc1ccccc1C(C)(C)N. The fourth-order valence-corrected chi connectivity index (χ4v) is 2.46. The van der Waals surface area contributed by atoms with Gasteiger partial charge in [-0.3, -0.25) is 4.79 Å². The van der Waals surface area contributed by atoms with Crippen LogP contribution in [0.2, 0.25) is 0 Å². The van der Waals surface area contributed by atoms with Crippen LogP contribution in [0.15, 0.2) is 24.3 Å². The van der Waals surface area contributed by atoms with Crippen molar-refractivity contribution in [1.29, 1.82) is 0 Å². The maximum atomic E-state index is 9.00. The first-order valence-corrected chi connectivity index (χ1v) is 8.35. The van der Waals surface area contributed by atoms with Crippen molar-refractivity contribution < 1.29 is 9.90 Å². The third-order valence-corrected chi connectivity index (χ3v) is 3.51. The highest BCUT2D eigenvalue weighted by Crippen LogP contribution is 2.23. The third-order valence-electron chi connectivity index (χ3n) is 3.51. The molecule has 0 amide bonds. The van der Waals surface area contributed by atoms with Gasteiger partial charge in [-0.1, -0.05) is 63.3 Å². The Labute approximate surface area is 135 Å². The van der Waals surface area contributed by atoms with E-state index in [1.54, 1.807) is 0 Å². The summed E-state index contributed by atoms with van der Waals surface area (Å²) in [5.41, 5.74) is 8.74. The molecule has 0 bridgehead atoms. The predicted molar refractivity (Wildman–Crippen MR) is 94.0 cm³/mol. The first kappa shape index (κ1) is 20.6. The zero-order valence-corrected chi connectivity index (χ0v) is 14.7. The number of carboxylic acid groups (broad SMARTS) is 1. The van der Waals surface area contributed by atoms with Crippen molar-refractivity contribution in [3.63, 3.8) is 0 Å². The van der Waals surface area contributed by atoms with Crippen LogP contribution in [-0.2, 0) is 16.8 Å². The number of hydrogen-bond donors (Lipinski definition) is 2. The molecule has 0 aliphatic rings. The standard InChI is InChI=1S/C17H29N.C2H4O2/c1-4-5-6-7-8-9-12-15-13-10-11-14-16(15)17(2,3)18;1-2(3)4/h10-11,13-14H,4-9,12,18H2,1-3H3;1H3,(H,3,4). The molecule has 0 atom stereocenters. The molecule has 1 aromatic carbocycles. The number of carboxylic acids is 1. The second-order valence-corrected chi connectivity index (χ2v) is 6.42. The Balaban J connectivity index is 0.000000980. The lowest BCUT2D eigenvalue weighted by molar-refractivity contribution is -0.134. The van der Waals surface area contributed by atoms with Crippen molar-refractivity contribution in [3.05, 3.63) is 35.4 Å². The summed E-state index contributed by atoms with van der Waals surface area (Å²) in [6.07, 6.45) is 9.28. The van der Waals surface area contributed by atoms with Crippen molar-refractivity contribution in [2.24, 2.45) is 5.73 Å². The number of hydrogen-bond acceptors (Lipinski definition) is 2. The summed E-state index contributed by atoms with van der Waals surface area (Å²) < 4.78 is 0. The average Bonchev–Trinajstić information content (AvgIpc) is 2.41. The molecule has 126 valence electrons. The van der Waals surface area contributed by atoms with E-state index < -0.39 is 5.97 Å². The van der Waals surface area contributed by atoms with Crippen LogP contribution in [-0.4, -0.2) is 11.1 Å². The van der Waals surface area contributed by atoms with Gasteiger partial charge in [0, 0.05) is 12.5 Å². The lowest BCUT2D eigenvalue weighted by atomic mass is 9.89. The molecule has 1 aromatic rings. The van der Waals surface area contributed by atoms with Gasteiger partial charge < -0.3 is 10.8 Å². The number of nitrogens with two attached hydrogens (primary N) is 1. The summed E-state index contributed by atoms with van der Waals surface area (Å²) in [4.78, 5) is 9.00. The van der Waals surface area contributed by atoms with E-state index in [1.165, 1.54) is 56.1 Å². The highest BCUT2D eigenvalue weighted by atomic mass is 16.4.